The topological polar surface area (TPSA) is 55.6 Å². The summed E-state index contributed by atoms with van der Waals surface area (Å²) in [6.07, 6.45) is 1.86. The molecule has 2 aromatic carbocycles. The molecule has 134 valence electrons. The minimum absolute atomic E-state index is 0.223. The van der Waals surface area contributed by atoms with Gasteiger partial charge in [0.05, 0.1) is 11.3 Å². The molecule has 0 aliphatic carbocycles. The van der Waals surface area contributed by atoms with Crippen molar-refractivity contribution in [2.24, 2.45) is 0 Å². The zero-order valence-corrected chi connectivity index (χ0v) is 15.1. The van der Waals surface area contributed by atoms with Crippen LogP contribution in [-0.4, -0.2) is 15.3 Å². The molecule has 0 bridgehead atoms. The van der Waals surface area contributed by atoms with Gasteiger partial charge in [0.15, 0.2) is 5.75 Å². The van der Waals surface area contributed by atoms with Gasteiger partial charge in [-0.2, -0.15) is 0 Å². The number of anilines is 1. The fourth-order valence-electron chi connectivity index (χ4n) is 3.04. The molecule has 2 aromatic heterocycles. The predicted molar refractivity (Wildman–Crippen MR) is 106 cm³/mol. The molecule has 4 aromatic rings. The Bertz CT molecular complexity index is 1120. The molecule has 1 N–H and O–H groups in total. The first-order chi connectivity index (χ1) is 13.1. The first-order valence-electron chi connectivity index (χ1n) is 8.70. The summed E-state index contributed by atoms with van der Waals surface area (Å²) in [7, 11) is 0. The Morgan fingerprint density at radius 1 is 1.00 bits per heavy atom. The Morgan fingerprint density at radius 2 is 1.74 bits per heavy atom. The first-order valence-corrected chi connectivity index (χ1v) is 8.70. The van der Waals surface area contributed by atoms with Crippen molar-refractivity contribution in [1.82, 2.24) is 9.38 Å². The smallest absolute Gasteiger partial charge is 0.259 e. The van der Waals surface area contributed by atoms with Crippen LogP contribution in [-0.2, 0) is 0 Å². The number of carbonyl (C=O) groups excluding carboxylic acids is 1. The third-order valence-electron chi connectivity index (χ3n) is 4.29. The lowest BCUT2D eigenvalue weighted by molar-refractivity contribution is 0.102. The van der Waals surface area contributed by atoms with Gasteiger partial charge in [0.2, 0.25) is 0 Å². The molecular formula is C22H19N3O2. The van der Waals surface area contributed by atoms with Gasteiger partial charge in [-0.3, -0.25) is 4.79 Å². The molecule has 2 heterocycles. The van der Waals surface area contributed by atoms with Crippen molar-refractivity contribution in [3.8, 4) is 11.5 Å². The van der Waals surface area contributed by atoms with Crippen LogP contribution in [0.3, 0.4) is 0 Å². The summed E-state index contributed by atoms with van der Waals surface area (Å²) in [6, 6.07) is 20.6. The second kappa shape index (κ2) is 6.96. The standard InChI is InChI=1S/C22H19N3O2/c1-15-14-16(2)25-13-12-18(21(25)23-15)22(26)24-19-10-6-7-11-20(19)27-17-8-4-3-5-9-17/h3-14H,1-2H3,(H,24,26). The molecule has 0 unspecified atom stereocenters. The van der Waals surface area contributed by atoms with Gasteiger partial charge in [0.25, 0.3) is 5.91 Å². The number of hydrogen-bond acceptors (Lipinski definition) is 3. The van der Waals surface area contributed by atoms with Crippen molar-refractivity contribution < 1.29 is 9.53 Å². The van der Waals surface area contributed by atoms with Gasteiger partial charge in [-0.05, 0) is 50.2 Å². The summed E-state index contributed by atoms with van der Waals surface area (Å²) in [4.78, 5) is 17.4. The molecule has 0 atom stereocenters. The molecule has 4 rings (SSSR count). The Balaban J connectivity index is 1.64. The third kappa shape index (κ3) is 3.40. The van der Waals surface area contributed by atoms with Gasteiger partial charge in [-0.1, -0.05) is 30.3 Å². The second-order valence-electron chi connectivity index (χ2n) is 6.33. The summed E-state index contributed by atoms with van der Waals surface area (Å²) in [5, 5.41) is 2.95. The highest BCUT2D eigenvalue weighted by atomic mass is 16.5. The van der Waals surface area contributed by atoms with Crippen LogP contribution in [0.4, 0.5) is 5.69 Å². The van der Waals surface area contributed by atoms with E-state index in [2.05, 4.69) is 10.3 Å². The molecule has 0 aliphatic heterocycles. The minimum atomic E-state index is -0.223. The number of ether oxygens (including phenoxy) is 1. The Kier molecular flexibility index (Phi) is 4.34. The minimum Gasteiger partial charge on any atom is -0.455 e. The monoisotopic (exact) mass is 357 g/mol. The number of aromatic nitrogens is 2. The van der Waals surface area contributed by atoms with Gasteiger partial charge in [0, 0.05) is 17.6 Å². The number of benzene rings is 2. The summed E-state index contributed by atoms with van der Waals surface area (Å²) in [5.74, 6) is 1.07. The van der Waals surface area contributed by atoms with Crippen molar-refractivity contribution in [3.05, 3.63) is 89.9 Å². The van der Waals surface area contributed by atoms with E-state index in [1.54, 1.807) is 6.07 Å². The maximum absolute atomic E-state index is 12.9. The second-order valence-corrected chi connectivity index (χ2v) is 6.33. The Morgan fingerprint density at radius 3 is 2.56 bits per heavy atom. The zero-order chi connectivity index (χ0) is 18.8. The number of para-hydroxylation sites is 3. The van der Waals surface area contributed by atoms with E-state index in [1.165, 1.54) is 0 Å². The summed E-state index contributed by atoms with van der Waals surface area (Å²) < 4.78 is 7.83. The quantitative estimate of drug-likeness (QED) is 0.559. The molecule has 0 saturated carbocycles. The summed E-state index contributed by atoms with van der Waals surface area (Å²) in [6.45, 7) is 3.91. The highest BCUT2D eigenvalue weighted by molar-refractivity contribution is 6.09. The third-order valence-corrected chi connectivity index (χ3v) is 4.29. The van der Waals surface area contributed by atoms with Crippen LogP contribution in [0, 0.1) is 13.8 Å². The maximum Gasteiger partial charge on any atom is 0.259 e. The molecular weight excluding hydrogens is 338 g/mol. The molecule has 1 amide bonds. The molecule has 0 spiro atoms. The van der Waals surface area contributed by atoms with Crippen LogP contribution in [0.15, 0.2) is 72.9 Å². The summed E-state index contributed by atoms with van der Waals surface area (Å²) in [5.41, 5.74) is 3.68. The van der Waals surface area contributed by atoms with Gasteiger partial charge in [0.1, 0.15) is 11.4 Å². The number of amides is 1. The van der Waals surface area contributed by atoms with E-state index in [9.17, 15) is 4.79 Å². The van der Waals surface area contributed by atoms with E-state index in [0.717, 1.165) is 11.4 Å². The number of nitrogens with zero attached hydrogens (tertiary/aromatic N) is 2. The van der Waals surface area contributed by atoms with Gasteiger partial charge in [-0.15, -0.1) is 0 Å². The molecule has 27 heavy (non-hydrogen) atoms. The number of rotatable bonds is 4. The van der Waals surface area contributed by atoms with Crippen molar-refractivity contribution >= 4 is 17.2 Å². The van der Waals surface area contributed by atoms with Crippen LogP contribution in [0.2, 0.25) is 0 Å². The van der Waals surface area contributed by atoms with Crippen LogP contribution in [0.5, 0.6) is 11.5 Å². The van der Waals surface area contributed by atoms with E-state index in [1.807, 2.05) is 85.1 Å². The zero-order valence-electron chi connectivity index (χ0n) is 15.1. The number of carbonyl (C=O) groups is 1. The Hall–Kier alpha value is -3.60. The van der Waals surface area contributed by atoms with Crippen LogP contribution >= 0.6 is 0 Å². The highest BCUT2D eigenvalue weighted by Crippen LogP contribution is 2.29. The maximum atomic E-state index is 12.9. The van der Waals surface area contributed by atoms with Gasteiger partial charge < -0.3 is 14.5 Å². The highest BCUT2D eigenvalue weighted by Gasteiger charge is 2.16. The van der Waals surface area contributed by atoms with E-state index in [0.29, 0.717) is 28.4 Å². The van der Waals surface area contributed by atoms with Crippen molar-refractivity contribution in [1.29, 1.82) is 0 Å². The van der Waals surface area contributed by atoms with Crippen molar-refractivity contribution in [3.63, 3.8) is 0 Å². The average molecular weight is 357 g/mol. The average Bonchev–Trinajstić information content (AvgIpc) is 3.08. The normalized spacial score (nSPS) is 10.7. The van der Waals surface area contributed by atoms with Crippen LogP contribution in [0.1, 0.15) is 21.7 Å². The van der Waals surface area contributed by atoms with Crippen LogP contribution in [0.25, 0.3) is 5.65 Å². The van der Waals surface area contributed by atoms with E-state index >= 15 is 0 Å². The van der Waals surface area contributed by atoms with E-state index in [4.69, 9.17) is 4.74 Å². The number of fused-ring (bicyclic) bond motifs is 1. The molecule has 0 radical (unpaired) electrons. The van der Waals surface area contributed by atoms with Gasteiger partial charge >= 0.3 is 0 Å². The van der Waals surface area contributed by atoms with Gasteiger partial charge in [-0.25, -0.2) is 4.98 Å². The Labute approximate surface area is 157 Å². The lowest BCUT2D eigenvalue weighted by atomic mass is 10.2. The van der Waals surface area contributed by atoms with E-state index in [-0.39, 0.29) is 5.91 Å². The number of hydrogen-bond donors (Lipinski definition) is 1. The predicted octanol–water partition coefficient (Wildman–Crippen LogP) is 5.00. The van der Waals surface area contributed by atoms with Crippen molar-refractivity contribution in [2.45, 2.75) is 13.8 Å². The fraction of sp³-hybridized carbons (Fsp3) is 0.0909. The fourth-order valence-corrected chi connectivity index (χ4v) is 3.04. The molecule has 0 saturated heterocycles. The molecule has 5 heteroatoms. The lowest BCUT2D eigenvalue weighted by Gasteiger charge is -2.12. The molecule has 0 fully saturated rings. The largest absolute Gasteiger partial charge is 0.455 e. The first kappa shape index (κ1) is 16.8. The number of nitrogens with one attached hydrogen (secondary N) is 1. The van der Waals surface area contributed by atoms with Crippen molar-refractivity contribution in [2.75, 3.05) is 5.32 Å². The number of aryl methyl sites for hydroxylation is 2. The lowest BCUT2D eigenvalue weighted by Crippen LogP contribution is -2.13. The molecule has 5 nitrogen and oxygen atoms in total. The summed E-state index contributed by atoms with van der Waals surface area (Å²) >= 11 is 0. The SMILES string of the molecule is Cc1cc(C)n2ccc(C(=O)Nc3ccccc3Oc3ccccc3)c2n1. The molecule has 0 aliphatic rings. The van der Waals surface area contributed by atoms with E-state index < -0.39 is 0 Å². The van der Waals surface area contributed by atoms with Crippen LogP contribution < -0.4 is 10.1 Å².